The highest BCUT2D eigenvalue weighted by molar-refractivity contribution is 8.16. The number of amidine groups is 2. The number of fused-ring (bicyclic) bond motifs is 1. The van der Waals surface area contributed by atoms with Gasteiger partial charge in [-0.1, -0.05) is 16.9 Å². The minimum atomic E-state index is -0.131. The summed E-state index contributed by atoms with van der Waals surface area (Å²) in [6.45, 7) is 5.74. The molecule has 4 nitrogen and oxygen atoms in total. The molecule has 0 atom stereocenters. The monoisotopic (exact) mass is 185 g/mol. The summed E-state index contributed by atoms with van der Waals surface area (Å²) >= 11 is 1.66. The Kier molecular flexibility index (Phi) is 1.57. The van der Waals surface area contributed by atoms with E-state index >= 15 is 0 Å². The normalized spacial score (nSPS) is 29.3. The average molecular weight is 185 g/mol. The molecule has 66 valence electrons. The maximum Gasteiger partial charge on any atom is 0.166 e. The van der Waals surface area contributed by atoms with Crippen LogP contribution in [0.4, 0.5) is 0 Å². The van der Waals surface area contributed by atoms with Gasteiger partial charge in [0.05, 0.1) is 11.3 Å². The minimum Gasteiger partial charge on any atom is -0.409 e. The Morgan fingerprint density at radius 3 is 3.08 bits per heavy atom. The van der Waals surface area contributed by atoms with Crippen molar-refractivity contribution in [1.29, 1.82) is 0 Å². The summed E-state index contributed by atoms with van der Waals surface area (Å²) in [6, 6.07) is 0. The molecule has 0 bridgehead atoms. The van der Waals surface area contributed by atoms with Crippen molar-refractivity contribution >= 4 is 22.8 Å². The zero-order valence-corrected chi connectivity index (χ0v) is 7.93. The fourth-order valence-corrected chi connectivity index (χ4v) is 2.63. The Balaban J connectivity index is 2.38. The number of nitrogens with zero attached hydrogens (tertiary/aromatic N) is 3. The van der Waals surface area contributed by atoms with Crippen molar-refractivity contribution in [2.75, 3.05) is 13.1 Å². The maximum absolute atomic E-state index is 8.83. The largest absolute Gasteiger partial charge is 0.409 e. The molecule has 2 aliphatic rings. The molecule has 1 N–H and O–H groups in total. The summed E-state index contributed by atoms with van der Waals surface area (Å²) in [5, 5.41) is 13.1. The van der Waals surface area contributed by atoms with Gasteiger partial charge in [0.1, 0.15) is 0 Å². The molecular formula is C7H11N3OS. The van der Waals surface area contributed by atoms with Gasteiger partial charge in [-0.15, -0.1) is 0 Å². The van der Waals surface area contributed by atoms with E-state index in [0.29, 0.717) is 0 Å². The van der Waals surface area contributed by atoms with Gasteiger partial charge in [0.25, 0.3) is 0 Å². The van der Waals surface area contributed by atoms with Crippen molar-refractivity contribution in [2.45, 2.75) is 18.6 Å². The fourth-order valence-electron chi connectivity index (χ4n) is 1.48. The molecule has 0 aromatic carbocycles. The first-order chi connectivity index (χ1) is 5.65. The Bertz CT molecular complexity index is 272. The molecule has 0 spiro atoms. The quantitative estimate of drug-likeness (QED) is 0.452. The van der Waals surface area contributed by atoms with E-state index in [1.807, 2.05) is 18.7 Å². The molecule has 0 amide bonds. The molecule has 12 heavy (non-hydrogen) atoms. The van der Waals surface area contributed by atoms with E-state index in [9.17, 15) is 0 Å². The molecule has 0 aromatic heterocycles. The molecule has 0 aromatic rings. The first-order valence-corrected chi connectivity index (χ1v) is 4.70. The summed E-state index contributed by atoms with van der Waals surface area (Å²) in [5.41, 5.74) is 0. The average Bonchev–Trinajstić information content (AvgIpc) is 2.43. The van der Waals surface area contributed by atoms with Gasteiger partial charge in [0.2, 0.25) is 0 Å². The molecule has 1 saturated heterocycles. The van der Waals surface area contributed by atoms with E-state index in [-0.39, 0.29) is 4.75 Å². The number of aliphatic imine (C=N–C) groups is 1. The standard InChI is InChI=1S/C7H11N3OS/c1-7(2)5(9-11)10-4-3-8-6(10)12-7/h11H,3-4H2,1-2H3. The second kappa shape index (κ2) is 2.39. The Morgan fingerprint density at radius 2 is 2.42 bits per heavy atom. The highest BCUT2D eigenvalue weighted by atomic mass is 32.2. The number of hydrogen-bond acceptors (Lipinski definition) is 4. The highest BCUT2D eigenvalue weighted by Crippen LogP contribution is 2.38. The van der Waals surface area contributed by atoms with Crippen LogP contribution in [0.1, 0.15) is 13.8 Å². The molecular weight excluding hydrogens is 174 g/mol. The molecule has 2 heterocycles. The van der Waals surface area contributed by atoms with Crippen LogP contribution in [-0.4, -0.2) is 38.9 Å². The van der Waals surface area contributed by atoms with E-state index < -0.39 is 0 Å². The third-order valence-corrected chi connectivity index (χ3v) is 3.26. The number of thioether (sulfide) groups is 1. The fraction of sp³-hybridized carbons (Fsp3) is 0.714. The van der Waals surface area contributed by atoms with Gasteiger partial charge in [-0.3, -0.25) is 4.99 Å². The van der Waals surface area contributed by atoms with Crippen molar-refractivity contribution in [3.8, 4) is 0 Å². The number of rotatable bonds is 0. The number of hydrogen-bond donors (Lipinski definition) is 1. The second-order valence-electron chi connectivity index (χ2n) is 3.35. The van der Waals surface area contributed by atoms with Crippen LogP contribution in [0.5, 0.6) is 0 Å². The molecule has 0 unspecified atom stereocenters. The van der Waals surface area contributed by atoms with Crippen molar-refractivity contribution in [3.63, 3.8) is 0 Å². The van der Waals surface area contributed by atoms with Gasteiger partial charge in [0, 0.05) is 6.54 Å². The lowest BCUT2D eigenvalue weighted by Crippen LogP contribution is -2.35. The lowest BCUT2D eigenvalue weighted by Gasteiger charge is -2.17. The van der Waals surface area contributed by atoms with E-state index in [4.69, 9.17) is 5.21 Å². The zero-order valence-electron chi connectivity index (χ0n) is 7.11. The van der Waals surface area contributed by atoms with Crippen molar-refractivity contribution in [1.82, 2.24) is 4.90 Å². The van der Waals surface area contributed by atoms with Gasteiger partial charge in [-0.2, -0.15) is 0 Å². The molecule has 2 rings (SSSR count). The van der Waals surface area contributed by atoms with Gasteiger partial charge in [-0.05, 0) is 13.8 Å². The summed E-state index contributed by atoms with van der Waals surface area (Å²) in [7, 11) is 0. The third kappa shape index (κ3) is 0.924. The Labute approximate surface area is 75.3 Å². The van der Waals surface area contributed by atoms with Crippen LogP contribution >= 0.6 is 11.8 Å². The first kappa shape index (κ1) is 7.91. The molecule has 0 radical (unpaired) electrons. The van der Waals surface area contributed by atoms with Crippen molar-refractivity contribution in [3.05, 3.63) is 0 Å². The van der Waals surface area contributed by atoms with E-state index in [0.717, 1.165) is 24.1 Å². The smallest absolute Gasteiger partial charge is 0.166 e. The van der Waals surface area contributed by atoms with Crippen molar-refractivity contribution < 1.29 is 5.21 Å². The van der Waals surface area contributed by atoms with E-state index in [1.54, 1.807) is 11.8 Å². The van der Waals surface area contributed by atoms with Crippen LogP contribution in [0.25, 0.3) is 0 Å². The topological polar surface area (TPSA) is 48.2 Å². The van der Waals surface area contributed by atoms with Crippen LogP contribution in [0.2, 0.25) is 0 Å². The Hall–Kier alpha value is -0.710. The molecule has 1 fully saturated rings. The lowest BCUT2D eigenvalue weighted by molar-refractivity contribution is 0.309. The van der Waals surface area contributed by atoms with Crippen molar-refractivity contribution in [2.24, 2.45) is 10.1 Å². The molecule has 5 heteroatoms. The van der Waals surface area contributed by atoms with Crippen LogP contribution in [0.15, 0.2) is 10.1 Å². The summed E-state index contributed by atoms with van der Waals surface area (Å²) in [5.74, 6) is 0.726. The van der Waals surface area contributed by atoms with Gasteiger partial charge in [0.15, 0.2) is 11.0 Å². The zero-order chi connectivity index (χ0) is 8.77. The predicted molar refractivity (Wildman–Crippen MR) is 49.9 cm³/mol. The SMILES string of the molecule is CC1(C)SC2=NCCN2C1=NO. The first-order valence-electron chi connectivity index (χ1n) is 3.89. The lowest BCUT2D eigenvalue weighted by atomic mass is 10.2. The highest BCUT2D eigenvalue weighted by Gasteiger charge is 2.44. The van der Waals surface area contributed by atoms with Crippen LogP contribution in [0.3, 0.4) is 0 Å². The predicted octanol–water partition coefficient (Wildman–Crippen LogP) is 0.971. The Morgan fingerprint density at radius 1 is 1.67 bits per heavy atom. The third-order valence-electron chi connectivity index (χ3n) is 2.04. The molecule has 2 aliphatic heterocycles. The molecule has 0 saturated carbocycles. The summed E-state index contributed by atoms with van der Waals surface area (Å²) in [6.07, 6.45) is 0. The van der Waals surface area contributed by atoms with Crippen LogP contribution < -0.4 is 0 Å². The molecule has 0 aliphatic carbocycles. The van der Waals surface area contributed by atoms with Crippen LogP contribution in [0, 0.1) is 0 Å². The van der Waals surface area contributed by atoms with E-state index in [1.165, 1.54) is 0 Å². The van der Waals surface area contributed by atoms with Gasteiger partial charge < -0.3 is 10.1 Å². The van der Waals surface area contributed by atoms with Crippen LogP contribution in [-0.2, 0) is 0 Å². The summed E-state index contributed by atoms with van der Waals surface area (Å²) in [4.78, 5) is 6.28. The van der Waals surface area contributed by atoms with Gasteiger partial charge in [-0.25, -0.2) is 0 Å². The van der Waals surface area contributed by atoms with E-state index in [2.05, 4.69) is 10.1 Å². The summed E-state index contributed by atoms with van der Waals surface area (Å²) < 4.78 is -0.131. The maximum atomic E-state index is 8.83. The number of oxime groups is 1. The second-order valence-corrected chi connectivity index (χ2v) is 4.94. The van der Waals surface area contributed by atoms with Gasteiger partial charge >= 0.3 is 0 Å². The minimum absolute atomic E-state index is 0.131.